The van der Waals surface area contributed by atoms with Crippen molar-refractivity contribution in [1.82, 2.24) is 5.32 Å². The third-order valence-corrected chi connectivity index (χ3v) is 3.48. The van der Waals surface area contributed by atoms with E-state index in [4.69, 9.17) is 0 Å². The lowest BCUT2D eigenvalue weighted by Gasteiger charge is -2.15. The lowest BCUT2D eigenvalue weighted by molar-refractivity contribution is 0.427. The lowest BCUT2D eigenvalue weighted by Crippen LogP contribution is -2.14. The molecular formula is C9H13N. The SMILES string of the molecule is C1CC2CC1=C1CNCC12. The van der Waals surface area contributed by atoms with Crippen LogP contribution in [0.5, 0.6) is 0 Å². The maximum atomic E-state index is 3.47. The molecule has 0 amide bonds. The highest BCUT2D eigenvalue weighted by Crippen LogP contribution is 2.49. The van der Waals surface area contributed by atoms with E-state index in [0.717, 1.165) is 11.8 Å². The molecule has 0 aromatic rings. The topological polar surface area (TPSA) is 12.0 Å². The molecule has 0 aromatic heterocycles. The lowest BCUT2D eigenvalue weighted by atomic mass is 9.89. The summed E-state index contributed by atoms with van der Waals surface area (Å²) in [5, 5.41) is 3.47. The first kappa shape index (κ1) is 5.36. The molecule has 3 aliphatic rings. The molecule has 0 spiro atoms. The van der Waals surface area contributed by atoms with E-state index in [0.29, 0.717) is 0 Å². The van der Waals surface area contributed by atoms with Crippen LogP contribution in [0.2, 0.25) is 0 Å². The van der Waals surface area contributed by atoms with Crippen LogP contribution in [0.4, 0.5) is 0 Å². The Labute approximate surface area is 61.5 Å². The highest BCUT2D eigenvalue weighted by Gasteiger charge is 2.40. The second-order valence-corrected chi connectivity index (χ2v) is 3.87. The molecule has 1 heterocycles. The number of fused-ring (bicyclic) bond motifs is 4. The Bertz CT molecular complexity index is 205. The van der Waals surface area contributed by atoms with E-state index in [2.05, 4.69) is 5.32 Å². The van der Waals surface area contributed by atoms with Crippen LogP contribution in [0.15, 0.2) is 11.1 Å². The zero-order chi connectivity index (χ0) is 6.55. The minimum atomic E-state index is 0.976. The summed E-state index contributed by atoms with van der Waals surface area (Å²) in [5.74, 6) is 2.03. The van der Waals surface area contributed by atoms with E-state index < -0.39 is 0 Å². The molecule has 0 aromatic carbocycles. The molecule has 54 valence electrons. The van der Waals surface area contributed by atoms with Crippen molar-refractivity contribution in [3.63, 3.8) is 0 Å². The van der Waals surface area contributed by atoms with E-state index in [9.17, 15) is 0 Å². The molecule has 0 radical (unpaired) electrons. The molecule has 1 aliphatic heterocycles. The summed E-state index contributed by atoms with van der Waals surface area (Å²) in [6.07, 6.45) is 4.38. The molecule has 2 aliphatic carbocycles. The summed E-state index contributed by atoms with van der Waals surface area (Å²) in [4.78, 5) is 0. The molecule has 1 saturated heterocycles. The van der Waals surface area contributed by atoms with Gasteiger partial charge in [0.1, 0.15) is 0 Å². The van der Waals surface area contributed by atoms with Gasteiger partial charge in [0, 0.05) is 13.1 Å². The van der Waals surface area contributed by atoms with Crippen molar-refractivity contribution in [2.75, 3.05) is 13.1 Å². The second kappa shape index (κ2) is 1.65. The maximum Gasteiger partial charge on any atom is 0.0170 e. The summed E-state index contributed by atoms with van der Waals surface area (Å²) in [5.41, 5.74) is 3.62. The monoisotopic (exact) mass is 135 g/mol. The van der Waals surface area contributed by atoms with E-state index in [-0.39, 0.29) is 0 Å². The first-order valence-corrected chi connectivity index (χ1v) is 4.36. The average Bonchev–Trinajstić information content (AvgIpc) is 2.60. The summed E-state index contributed by atoms with van der Waals surface area (Å²) < 4.78 is 0. The Balaban J connectivity index is 2.09. The highest BCUT2D eigenvalue weighted by atomic mass is 14.9. The Hall–Kier alpha value is -0.300. The van der Waals surface area contributed by atoms with E-state index in [1.807, 2.05) is 5.57 Å². The molecule has 1 nitrogen and oxygen atoms in total. The van der Waals surface area contributed by atoms with Crippen LogP contribution < -0.4 is 5.32 Å². The van der Waals surface area contributed by atoms with Gasteiger partial charge in [-0.1, -0.05) is 11.1 Å². The minimum Gasteiger partial charge on any atom is -0.312 e. The zero-order valence-corrected chi connectivity index (χ0v) is 6.19. The van der Waals surface area contributed by atoms with Crippen molar-refractivity contribution in [2.24, 2.45) is 11.8 Å². The molecule has 2 bridgehead atoms. The van der Waals surface area contributed by atoms with Crippen molar-refractivity contribution in [1.29, 1.82) is 0 Å². The van der Waals surface area contributed by atoms with Crippen LogP contribution in [0, 0.1) is 11.8 Å². The Morgan fingerprint density at radius 1 is 1.40 bits per heavy atom. The number of allylic oxidation sites excluding steroid dienone is 1. The quantitative estimate of drug-likeness (QED) is 0.494. The fraction of sp³-hybridized carbons (Fsp3) is 0.778. The van der Waals surface area contributed by atoms with Crippen molar-refractivity contribution in [2.45, 2.75) is 19.3 Å². The standard InChI is InChI=1S/C9H13N/c1-2-7-3-6(1)8-4-10-5-9(7)8/h6,8,10H,1-5H2. The number of rotatable bonds is 0. The smallest absolute Gasteiger partial charge is 0.0170 e. The fourth-order valence-electron chi connectivity index (χ4n) is 2.97. The molecule has 1 N–H and O–H groups in total. The Kier molecular flexibility index (Phi) is 0.883. The molecule has 2 fully saturated rings. The van der Waals surface area contributed by atoms with Gasteiger partial charge in [0.05, 0.1) is 0 Å². The van der Waals surface area contributed by atoms with Crippen LogP contribution in [0.3, 0.4) is 0 Å². The van der Waals surface area contributed by atoms with E-state index >= 15 is 0 Å². The minimum absolute atomic E-state index is 0.976. The van der Waals surface area contributed by atoms with Gasteiger partial charge in [0.25, 0.3) is 0 Å². The van der Waals surface area contributed by atoms with Crippen molar-refractivity contribution in [3.8, 4) is 0 Å². The van der Waals surface area contributed by atoms with Gasteiger partial charge >= 0.3 is 0 Å². The zero-order valence-electron chi connectivity index (χ0n) is 6.19. The number of hydrogen-bond acceptors (Lipinski definition) is 1. The molecule has 1 saturated carbocycles. The summed E-state index contributed by atoms with van der Waals surface area (Å²) in [6, 6.07) is 0. The van der Waals surface area contributed by atoms with Crippen molar-refractivity contribution in [3.05, 3.63) is 11.1 Å². The summed E-state index contributed by atoms with van der Waals surface area (Å²) in [6.45, 7) is 2.50. The summed E-state index contributed by atoms with van der Waals surface area (Å²) >= 11 is 0. The van der Waals surface area contributed by atoms with Gasteiger partial charge in [0.15, 0.2) is 0 Å². The summed E-state index contributed by atoms with van der Waals surface area (Å²) in [7, 11) is 0. The van der Waals surface area contributed by atoms with Gasteiger partial charge in [-0.25, -0.2) is 0 Å². The van der Waals surface area contributed by atoms with E-state index in [1.165, 1.54) is 32.4 Å². The van der Waals surface area contributed by atoms with Crippen LogP contribution in [-0.4, -0.2) is 13.1 Å². The van der Waals surface area contributed by atoms with Gasteiger partial charge in [-0.3, -0.25) is 0 Å². The predicted molar refractivity (Wildman–Crippen MR) is 40.7 cm³/mol. The van der Waals surface area contributed by atoms with Crippen LogP contribution in [0.25, 0.3) is 0 Å². The number of hydrogen-bond donors (Lipinski definition) is 1. The Morgan fingerprint density at radius 3 is 3.30 bits per heavy atom. The highest BCUT2D eigenvalue weighted by molar-refractivity contribution is 5.32. The third-order valence-electron chi connectivity index (χ3n) is 3.48. The van der Waals surface area contributed by atoms with Gasteiger partial charge in [-0.15, -0.1) is 0 Å². The molecular weight excluding hydrogens is 122 g/mol. The molecule has 10 heavy (non-hydrogen) atoms. The normalized spacial score (nSPS) is 43.2. The first-order valence-electron chi connectivity index (χ1n) is 4.36. The van der Waals surface area contributed by atoms with Crippen LogP contribution in [-0.2, 0) is 0 Å². The molecule has 2 unspecified atom stereocenters. The largest absolute Gasteiger partial charge is 0.312 e. The van der Waals surface area contributed by atoms with Crippen LogP contribution >= 0.6 is 0 Å². The average molecular weight is 135 g/mol. The second-order valence-electron chi connectivity index (χ2n) is 3.87. The predicted octanol–water partition coefficient (Wildman–Crippen LogP) is 1.32. The molecule has 3 rings (SSSR count). The first-order chi connectivity index (χ1) is 4.95. The maximum absolute atomic E-state index is 3.47. The van der Waals surface area contributed by atoms with Crippen molar-refractivity contribution >= 4 is 0 Å². The van der Waals surface area contributed by atoms with E-state index in [1.54, 1.807) is 5.57 Å². The van der Waals surface area contributed by atoms with Crippen molar-refractivity contribution < 1.29 is 0 Å². The number of nitrogens with one attached hydrogen (secondary N) is 1. The van der Waals surface area contributed by atoms with Gasteiger partial charge in [0.2, 0.25) is 0 Å². The fourth-order valence-corrected chi connectivity index (χ4v) is 2.97. The van der Waals surface area contributed by atoms with Gasteiger partial charge in [-0.05, 0) is 31.1 Å². The molecule has 1 heteroatoms. The van der Waals surface area contributed by atoms with Gasteiger partial charge < -0.3 is 5.32 Å². The Morgan fingerprint density at radius 2 is 2.40 bits per heavy atom. The van der Waals surface area contributed by atoms with Crippen LogP contribution in [0.1, 0.15) is 19.3 Å². The molecule has 2 atom stereocenters. The van der Waals surface area contributed by atoms with Gasteiger partial charge in [-0.2, -0.15) is 0 Å². The third kappa shape index (κ3) is 0.485.